The van der Waals surface area contributed by atoms with E-state index in [1.807, 2.05) is 51.1 Å². The minimum atomic E-state index is -0.353. The minimum absolute atomic E-state index is 0.115. The molecule has 0 fully saturated rings. The van der Waals surface area contributed by atoms with Gasteiger partial charge in [0.25, 0.3) is 5.91 Å². The average molecular weight is 335 g/mol. The number of aryl methyl sites for hydroxylation is 2. The van der Waals surface area contributed by atoms with Crippen LogP contribution in [-0.4, -0.2) is 23.3 Å². The zero-order valence-corrected chi connectivity index (χ0v) is 14.8. The van der Waals surface area contributed by atoms with Crippen molar-refractivity contribution >= 4 is 17.6 Å². The number of benzene rings is 2. The van der Waals surface area contributed by atoms with Gasteiger partial charge in [0, 0.05) is 23.4 Å². The predicted octanol–water partition coefficient (Wildman–Crippen LogP) is 4.03. The fourth-order valence-corrected chi connectivity index (χ4v) is 3.02. The second-order valence-electron chi connectivity index (χ2n) is 6.33. The monoisotopic (exact) mass is 335 g/mol. The Bertz CT molecular complexity index is 848. The number of amides is 1. The molecule has 0 unspecified atom stereocenters. The van der Waals surface area contributed by atoms with E-state index in [0.29, 0.717) is 17.0 Å². The second kappa shape index (κ2) is 6.55. The van der Waals surface area contributed by atoms with Crippen molar-refractivity contribution in [3.8, 4) is 5.75 Å². The van der Waals surface area contributed by atoms with Gasteiger partial charge in [0.1, 0.15) is 5.75 Å². The van der Waals surface area contributed by atoms with Crippen LogP contribution in [0.3, 0.4) is 0 Å². The Morgan fingerprint density at radius 2 is 1.68 bits per heavy atom. The molecule has 2 aromatic rings. The van der Waals surface area contributed by atoms with Gasteiger partial charge in [0.2, 0.25) is 0 Å². The van der Waals surface area contributed by atoms with Gasteiger partial charge in [-0.2, -0.15) is 0 Å². The first-order valence-corrected chi connectivity index (χ1v) is 8.28. The van der Waals surface area contributed by atoms with Gasteiger partial charge in [-0.1, -0.05) is 36.9 Å². The summed E-state index contributed by atoms with van der Waals surface area (Å²) in [5, 5.41) is 0. The highest BCUT2D eigenvalue weighted by atomic mass is 16.5. The number of esters is 1. The van der Waals surface area contributed by atoms with E-state index < -0.39 is 0 Å². The van der Waals surface area contributed by atoms with Crippen molar-refractivity contribution in [1.29, 1.82) is 0 Å². The standard InChI is InChI=1S/C21H21NO3/c1-13-9-10-14(2)20(15(13)3)25-19(23)11-12-22-16(4)17-7-5-6-8-18(17)21(22)24/h5-10H,4,11-12H2,1-3H3. The number of hydrogen-bond donors (Lipinski definition) is 0. The van der Waals surface area contributed by atoms with Crippen LogP contribution in [0.4, 0.5) is 0 Å². The molecular formula is C21H21NO3. The van der Waals surface area contributed by atoms with Crippen molar-refractivity contribution in [3.05, 3.63) is 70.8 Å². The first-order chi connectivity index (χ1) is 11.9. The van der Waals surface area contributed by atoms with Gasteiger partial charge < -0.3 is 9.64 Å². The molecule has 0 spiro atoms. The molecule has 1 heterocycles. The summed E-state index contributed by atoms with van der Waals surface area (Å²) < 4.78 is 5.56. The predicted molar refractivity (Wildman–Crippen MR) is 97.4 cm³/mol. The smallest absolute Gasteiger partial charge is 0.313 e. The second-order valence-corrected chi connectivity index (χ2v) is 6.33. The zero-order valence-electron chi connectivity index (χ0n) is 14.8. The van der Waals surface area contributed by atoms with E-state index in [4.69, 9.17) is 4.74 Å². The van der Waals surface area contributed by atoms with Gasteiger partial charge in [-0.15, -0.1) is 0 Å². The molecule has 0 N–H and O–H groups in total. The molecule has 4 heteroatoms. The lowest BCUT2D eigenvalue weighted by molar-refractivity contribution is -0.134. The van der Waals surface area contributed by atoms with Crippen LogP contribution in [0.2, 0.25) is 0 Å². The van der Waals surface area contributed by atoms with E-state index in [-0.39, 0.29) is 24.8 Å². The van der Waals surface area contributed by atoms with Gasteiger partial charge in [-0.25, -0.2) is 0 Å². The number of fused-ring (bicyclic) bond motifs is 1. The summed E-state index contributed by atoms with van der Waals surface area (Å²) in [4.78, 5) is 26.3. The average Bonchev–Trinajstić information content (AvgIpc) is 2.85. The number of carbonyl (C=O) groups is 2. The molecule has 4 nitrogen and oxygen atoms in total. The topological polar surface area (TPSA) is 46.6 Å². The normalized spacial score (nSPS) is 13.2. The van der Waals surface area contributed by atoms with Gasteiger partial charge >= 0.3 is 5.97 Å². The van der Waals surface area contributed by atoms with E-state index in [9.17, 15) is 9.59 Å². The summed E-state index contributed by atoms with van der Waals surface area (Å²) in [7, 11) is 0. The summed E-state index contributed by atoms with van der Waals surface area (Å²) in [6.07, 6.45) is 0.117. The Balaban J connectivity index is 1.67. The molecule has 0 saturated heterocycles. The zero-order chi connectivity index (χ0) is 18.1. The fraction of sp³-hybridized carbons (Fsp3) is 0.238. The van der Waals surface area contributed by atoms with Gasteiger partial charge in [-0.3, -0.25) is 9.59 Å². The molecule has 1 aliphatic rings. The van der Waals surface area contributed by atoms with E-state index >= 15 is 0 Å². The van der Waals surface area contributed by atoms with Crippen molar-refractivity contribution in [2.45, 2.75) is 27.2 Å². The molecule has 128 valence electrons. The number of carbonyl (C=O) groups excluding carboxylic acids is 2. The van der Waals surface area contributed by atoms with Crippen LogP contribution < -0.4 is 4.74 Å². The van der Waals surface area contributed by atoms with Crippen LogP contribution in [0.25, 0.3) is 5.70 Å². The third kappa shape index (κ3) is 3.07. The maximum absolute atomic E-state index is 12.4. The quantitative estimate of drug-likeness (QED) is 0.626. The molecular weight excluding hydrogens is 314 g/mol. The first kappa shape index (κ1) is 17.0. The molecule has 25 heavy (non-hydrogen) atoms. The van der Waals surface area contributed by atoms with Crippen molar-refractivity contribution in [1.82, 2.24) is 4.90 Å². The SMILES string of the molecule is C=C1c2ccccc2C(=O)N1CCC(=O)Oc1c(C)ccc(C)c1C. The number of hydrogen-bond acceptors (Lipinski definition) is 3. The Morgan fingerprint density at radius 3 is 2.36 bits per heavy atom. The minimum Gasteiger partial charge on any atom is -0.426 e. The molecule has 2 aromatic carbocycles. The molecule has 0 atom stereocenters. The molecule has 3 rings (SSSR count). The van der Waals surface area contributed by atoms with E-state index in [2.05, 4.69) is 6.58 Å². The Kier molecular flexibility index (Phi) is 4.45. The number of nitrogens with zero attached hydrogens (tertiary/aromatic N) is 1. The van der Waals surface area contributed by atoms with Gasteiger partial charge in [-0.05, 0) is 43.5 Å². The highest BCUT2D eigenvalue weighted by Crippen LogP contribution is 2.31. The van der Waals surface area contributed by atoms with Crippen LogP contribution in [0.1, 0.15) is 39.0 Å². The summed E-state index contributed by atoms with van der Waals surface area (Å²) in [5.74, 6) is 0.143. The van der Waals surface area contributed by atoms with Gasteiger partial charge in [0.05, 0.1) is 6.42 Å². The van der Waals surface area contributed by atoms with Crippen LogP contribution in [-0.2, 0) is 4.79 Å². The maximum atomic E-state index is 12.4. The highest BCUT2D eigenvalue weighted by molar-refractivity contribution is 6.08. The number of ether oxygens (including phenoxy) is 1. The molecule has 1 aliphatic heterocycles. The lowest BCUT2D eigenvalue weighted by Crippen LogP contribution is -2.27. The molecule has 0 aliphatic carbocycles. The third-order valence-electron chi connectivity index (χ3n) is 4.67. The van der Waals surface area contributed by atoms with Crippen molar-refractivity contribution in [2.24, 2.45) is 0 Å². The van der Waals surface area contributed by atoms with Crippen LogP contribution in [0.5, 0.6) is 5.75 Å². The van der Waals surface area contributed by atoms with Crippen molar-refractivity contribution in [2.75, 3.05) is 6.54 Å². The lowest BCUT2D eigenvalue weighted by Gasteiger charge is -2.17. The van der Waals surface area contributed by atoms with E-state index in [1.54, 1.807) is 11.0 Å². The largest absolute Gasteiger partial charge is 0.426 e. The van der Waals surface area contributed by atoms with Crippen LogP contribution in [0.15, 0.2) is 43.0 Å². The Hall–Kier alpha value is -2.88. The number of rotatable bonds is 4. The summed E-state index contributed by atoms with van der Waals surface area (Å²) in [6, 6.07) is 11.3. The van der Waals surface area contributed by atoms with Gasteiger partial charge in [0.15, 0.2) is 0 Å². The van der Waals surface area contributed by atoms with Crippen LogP contribution in [0, 0.1) is 20.8 Å². The summed E-state index contributed by atoms with van der Waals surface area (Å²) in [5.41, 5.74) is 5.05. The Morgan fingerprint density at radius 1 is 1.04 bits per heavy atom. The summed E-state index contributed by atoms with van der Waals surface area (Å²) in [6.45, 7) is 10.1. The molecule has 1 amide bonds. The molecule has 0 radical (unpaired) electrons. The third-order valence-corrected chi connectivity index (χ3v) is 4.67. The van der Waals surface area contributed by atoms with E-state index in [1.165, 1.54) is 0 Å². The maximum Gasteiger partial charge on any atom is 0.313 e. The van der Waals surface area contributed by atoms with Crippen molar-refractivity contribution < 1.29 is 14.3 Å². The fourth-order valence-electron chi connectivity index (χ4n) is 3.02. The first-order valence-electron chi connectivity index (χ1n) is 8.28. The Labute approximate surface area is 147 Å². The molecule has 0 aromatic heterocycles. The summed E-state index contributed by atoms with van der Waals surface area (Å²) >= 11 is 0. The highest BCUT2D eigenvalue weighted by Gasteiger charge is 2.30. The van der Waals surface area contributed by atoms with Crippen LogP contribution >= 0.6 is 0 Å². The molecule has 0 saturated carbocycles. The van der Waals surface area contributed by atoms with Crippen molar-refractivity contribution in [3.63, 3.8) is 0 Å². The van der Waals surface area contributed by atoms with E-state index in [0.717, 1.165) is 22.3 Å². The molecule has 0 bridgehead atoms. The lowest BCUT2D eigenvalue weighted by atomic mass is 10.1.